The highest BCUT2D eigenvalue weighted by Crippen LogP contribution is 2.35. The van der Waals surface area contributed by atoms with Crippen molar-refractivity contribution in [2.45, 2.75) is 50.7 Å². The smallest absolute Gasteiger partial charge is 0.123 e. The Kier molecular flexibility index (Phi) is 3.48. The molecule has 1 nitrogen and oxygen atoms in total. The Morgan fingerprint density at radius 1 is 1.47 bits per heavy atom. The molecule has 0 spiro atoms. The molecule has 0 amide bonds. The number of aryl methyl sites for hydroxylation is 1. The maximum Gasteiger partial charge on any atom is 0.123 e. The molecule has 0 heterocycles. The molecule has 1 aromatic carbocycles. The number of nitrogens with two attached hydrogens (primary N) is 1. The van der Waals surface area contributed by atoms with Crippen LogP contribution in [0.15, 0.2) is 18.2 Å². The summed E-state index contributed by atoms with van der Waals surface area (Å²) in [6.07, 6.45) is 2.93. The van der Waals surface area contributed by atoms with Crippen molar-refractivity contribution in [2.75, 3.05) is 0 Å². The first-order valence-electron chi connectivity index (χ1n) is 6.18. The van der Waals surface area contributed by atoms with Crippen LogP contribution in [-0.4, -0.2) is 11.7 Å². The molecule has 0 saturated heterocycles. The predicted molar refractivity (Wildman–Crippen MR) is 65.1 cm³/mol. The van der Waals surface area contributed by atoms with Crippen molar-refractivity contribution in [1.29, 1.82) is 0 Å². The summed E-state index contributed by atoms with van der Waals surface area (Å²) in [5.41, 5.74) is 6.28. The molecule has 1 aliphatic carbocycles. The molecule has 2 rings (SSSR count). The van der Waals surface area contributed by atoms with E-state index in [1.54, 1.807) is 6.07 Å². The molecule has 1 aliphatic rings. The van der Waals surface area contributed by atoms with E-state index >= 15 is 0 Å². The first-order valence-corrected chi connectivity index (χ1v) is 6.18. The fourth-order valence-electron chi connectivity index (χ4n) is 2.69. The van der Waals surface area contributed by atoms with Crippen molar-refractivity contribution in [3.05, 3.63) is 35.1 Å². The molecule has 0 bridgehead atoms. The number of hydrogen-bond donors (Lipinski definition) is 1. The van der Waals surface area contributed by atoms with Crippen molar-refractivity contribution in [2.24, 2.45) is 5.73 Å². The van der Waals surface area contributed by atoms with Gasteiger partial charge in [-0.1, -0.05) is 6.07 Å². The quantitative estimate of drug-likeness (QED) is 0.842. The van der Waals surface area contributed by atoms with E-state index in [1.807, 2.05) is 6.92 Å². The third kappa shape index (κ3) is 3.03. The van der Waals surface area contributed by atoms with E-state index in [2.05, 4.69) is 0 Å². The lowest BCUT2D eigenvalue weighted by atomic mass is 9.79. The summed E-state index contributed by atoms with van der Waals surface area (Å²) in [7, 11) is 0. The largest absolute Gasteiger partial charge is 0.328 e. The first kappa shape index (κ1) is 12.5. The molecule has 2 N–H and O–H groups in total. The molecular formula is C14H19F2N. The SMILES string of the molecule is Cc1ccc(F)cc1CC1(F)CCCC(N)C1. The Hall–Kier alpha value is -0.960. The first-order chi connectivity index (χ1) is 7.98. The lowest BCUT2D eigenvalue weighted by molar-refractivity contribution is 0.0963. The maximum absolute atomic E-state index is 14.6. The van der Waals surface area contributed by atoms with Gasteiger partial charge in [-0.05, 0) is 55.9 Å². The van der Waals surface area contributed by atoms with Crippen molar-refractivity contribution in [3.8, 4) is 0 Å². The number of benzene rings is 1. The Morgan fingerprint density at radius 3 is 2.94 bits per heavy atom. The molecule has 17 heavy (non-hydrogen) atoms. The molecule has 94 valence electrons. The summed E-state index contributed by atoms with van der Waals surface area (Å²) < 4.78 is 27.8. The van der Waals surface area contributed by atoms with E-state index in [-0.39, 0.29) is 18.3 Å². The minimum atomic E-state index is -1.25. The summed E-state index contributed by atoms with van der Waals surface area (Å²) in [4.78, 5) is 0. The molecule has 2 atom stereocenters. The summed E-state index contributed by atoms with van der Waals surface area (Å²) >= 11 is 0. The van der Waals surface area contributed by atoms with Crippen molar-refractivity contribution >= 4 is 0 Å². The summed E-state index contributed by atoms with van der Waals surface area (Å²) in [5, 5.41) is 0. The molecule has 3 heteroatoms. The van der Waals surface area contributed by atoms with Gasteiger partial charge < -0.3 is 5.73 Å². The van der Waals surface area contributed by atoms with Crippen molar-refractivity contribution in [3.63, 3.8) is 0 Å². The van der Waals surface area contributed by atoms with Gasteiger partial charge >= 0.3 is 0 Å². The molecule has 2 unspecified atom stereocenters. The Morgan fingerprint density at radius 2 is 2.24 bits per heavy atom. The Bertz CT molecular complexity index is 405. The van der Waals surface area contributed by atoms with Gasteiger partial charge in [0.1, 0.15) is 11.5 Å². The van der Waals surface area contributed by atoms with E-state index in [9.17, 15) is 8.78 Å². The molecule has 0 aromatic heterocycles. The molecule has 0 radical (unpaired) electrons. The zero-order chi connectivity index (χ0) is 12.5. The minimum absolute atomic E-state index is 0.0531. The van der Waals surface area contributed by atoms with Crippen LogP contribution >= 0.6 is 0 Å². The molecule has 1 aromatic rings. The molecular weight excluding hydrogens is 220 g/mol. The maximum atomic E-state index is 14.6. The second-order valence-electron chi connectivity index (χ2n) is 5.25. The topological polar surface area (TPSA) is 26.0 Å². The third-order valence-electron chi connectivity index (χ3n) is 3.65. The average molecular weight is 239 g/mol. The lowest BCUT2D eigenvalue weighted by Crippen LogP contribution is -2.39. The summed E-state index contributed by atoms with van der Waals surface area (Å²) in [5.74, 6) is -0.297. The number of rotatable bonds is 2. The van der Waals surface area contributed by atoms with E-state index < -0.39 is 5.67 Å². The van der Waals surface area contributed by atoms with Crippen molar-refractivity contribution < 1.29 is 8.78 Å². The third-order valence-corrected chi connectivity index (χ3v) is 3.65. The highest BCUT2D eigenvalue weighted by Gasteiger charge is 2.35. The second kappa shape index (κ2) is 4.73. The zero-order valence-electron chi connectivity index (χ0n) is 10.2. The van der Waals surface area contributed by atoms with Crippen LogP contribution in [0.2, 0.25) is 0 Å². The zero-order valence-corrected chi connectivity index (χ0v) is 10.2. The van der Waals surface area contributed by atoms with Crippen LogP contribution in [-0.2, 0) is 6.42 Å². The van der Waals surface area contributed by atoms with Gasteiger partial charge in [-0.3, -0.25) is 0 Å². The van der Waals surface area contributed by atoms with Gasteiger partial charge in [-0.25, -0.2) is 8.78 Å². The monoisotopic (exact) mass is 239 g/mol. The van der Waals surface area contributed by atoms with Gasteiger partial charge in [0.15, 0.2) is 0 Å². The van der Waals surface area contributed by atoms with Crippen LogP contribution in [0.5, 0.6) is 0 Å². The molecule has 1 saturated carbocycles. The van der Waals surface area contributed by atoms with Crippen molar-refractivity contribution in [1.82, 2.24) is 0 Å². The number of alkyl halides is 1. The van der Waals surface area contributed by atoms with Crippen LogP contribution in [0.1, 0.15) is 36.8 Å². The van der Waals surface area contributed by atoms with Gasteiger partial charge in [-0.2, -0.15) is 0 Å². The van der Waals surface area contributed by atoms with Crippen LogP contribution in [0.3, 0.4) is 0 Å². The molecule has 0 aliphatic heterocycles. The van der Waals surface area contributed by atoms with Gasteiger partial charge in [0, 0.05) is 12.5 Å². The number of halogens is 2. The van der Waals surface area contributed by atoms with Gasteiger partial charge in [0.05, 0.1) is 0 Å². The van der Waals surface area contributed by atoms with E-state index in [4.69, 9.17) is 5.73 Å². The van der Waals surface area contributed by atoms with E-state index in [0.29, 0.717) is 12.8 Å². The predicted octanol–water partition coefficient (Wildman–Crippen LogP) is 3.29. The average Bonchev–Trinajstić information content (AvgIpc) is 2.22. The van der Waals surface area contributed by atoms with Gasteiger partial charge in [0.25, 0.3) is 0 Å². The van der Waals surface area contributed by atoms with Gasteiger partial charge in [-0.15, -0.1) is 0 Å². The fraction of sp³-hybridized carbons (Fsp3) is 0.571. The van der Waals surface area contributed by atoms with Crippen LogP contribution in [0.4, 0.5) is 8.78 Å². The summed E-state index contributed by atoms with van der Waals surface area (Å²) in [6, 6.07) is 4.51. The van der Waals surface area contributed by atoms with Crippen LogP contribution in [0, 0.1) is 12.7 Å². The number of hydrogen-bond acceptors (Lipinski definition) is 1. The highest BCUT2D eigenvalue weighted by atomic mass is 19.1. The van der Waals surface area contributed by atoms with Gasteiger partial charge in [0.2, 0.25) is 0 Å². The summed E-state index contributed by atoms with van der Waals surface area (Å²) in [6.45, 7) is 1.89. The van der Waals surface area contributed by atoms with Crippen LogP contribution in [0.25, 0.3) is 0 Å². The normalized spacial score (nSPS) is 29.3. The van der Waals surface area contributed by atoms with E-state index in [0.717, 1.165) is 24.0 Å². The lowest BCUT2D eigenvalue weighted by Gasteiger charge is -2.33. The van der Waals surface area contributed by atoms with Crippen LogP contribution < -0.4 is 5.73 Å². The van der Waals surface area contributed by atoms with E-state index in [1.165, 1.54) is 12.1 Å². The highest BCUT2D eigenvalue weighted by molar-refractivity contribution is 5.28. The fourth-order valence-corrected chi connectivity index (χ4v) is 2.69. The second-order valence-corrected chi connectivity index (χ2v) is 5.25. The Balaban J connectivity index is 2.16. The standard InChI is InChI=1S/C14H19F2N/c1-10-4-5-12(15)7-11(10)8-14(16)6-2-3-13(17)9-14/h4-5,7,13H,2-3,6,8-9,17H2,1H3. The Labute approximate surface area is 101 Å². The molecule has 1 fully saturated rings. The minimum Gasteiger partial charge on any atom is -0.328 e.